The second-order valence-electron chi connectivity index (χ2n) is 3.99. The maximum absolute atomic E-state index is 4.52. The molecule has 18 heavy (non-hydrogen) atoms. The van der Waals surface area contributed by atoms with Crippen LogP contribution in [0, 0.1) is 0 Å². The van der Waals surface area contributed by atoms with Crippen LogP contribution in [-0.4, -0.2) is 9.97 Å². The van der Waals surface area contributed by atoms with E-state index in [1.165, 1.54) is 5.56 Å². The summed E-state index contributed by atoms with van der Waals surface area (Å²) in [6.07, 6.45) is 1.92. The van der Waals surface area contributed by atoms with Gasteiger partial charge in [0.15, 0.2) is 0 Å². The first-order chi connectivity index (χ1) is 8.92. The minimum absolute atomic E-state index is 0.797. The lowest BCUT2D eigenvalue weighted by Crippen LogP contribution is -1.99. The van der Waals surface area contributed by atoms with Crippen LogP contribution in [0.5, 0.6) is 0 Å². The van der Waals surface area contributed by atoms with Gasteiger partial charge in [-0.1, -0.05) is 30.3 Å². The molecule has 2 aromatic heterocycles. The number of anilines is 1. The van der Waals surface area contributed by atoms with Gasteiger partial charge in [0.25, 0.3) is 0 Å². The summed E-state index contributed by atoms with van der Waals surface area (Å²) in [5, 5.41) is 7.49. The highest BCUT2D eigenvalue weighted by molar-refractivity contribution is 7.07. The highest BCUT2D eigenvalue weighted by atomic mass is 32.1. The topological polar surface area (TPSA) is 40.7 Å². The number of nitrogens with zero attached hydrogens (tertiary/aromatic N) is 1. The summed E-state index contributed by atoms with van der Waals surface area (Å²) in [5.74, 6) is 0.806. The Balaban J connectivity index is 1.70. The van der Waals surface area contributed by atoms with Gasteiger partial charge >= 0.3 is 0 Å². The van der Waals surface area contributed by atoms with E-state index in [4.69, 9.17) is 0 Å². The van der Waals surface area contributed by atoms with E-state index in [0.717, 1.165) is 23.8 Å². The van der Waals surface area contributed by atoms with Crippen molar-refractivity contribution in [3.63, 3.8) is 0 Å². The van der Waals surface area contributed by atoms with Gasteiger partial charge in [0.2, 0.25) is 5.95 Å². The molecular formula is C14H13N3S. The van der Waals surface area contributed by atoms with Gasteiger partial charge in [-0.2, -0.15) is 11.3 Å². The number of aromatic amines is 1. The van der Waals surface area contributed by atoms with E-state index >= 15 is 0 Å². The van der Waals surface area contributed by atoms with Crippen LogP contribution in [0.25, 0.3) is 11.3 Å². The van der Waals surface area contributed by atoms with Gasteiger partial charge in [-0.05, 0) is 22.4 Å². The Labute approximate surface area is 110 Å². The fourth-order valence-electron chi connectivity index (χ4n) is 1.75. The molecule has 0 radical (unpaired) electrons. The van der Waals surface area contributed by atoms with Crippen molar-refractivity contribution in [3.05, 3.63) is 58.9 Å². The highest BCUT2D eigenvalue weighted by Gasteiger charge is 2.02. The predicted molar refractivity (Wildman–Crippen MR) is 75.7 cm³/mol. The van der Waals surface area contributed by atoms with Crippen LogP contribution >= 0.6 is 11.3 Å². The molecular weight excluding hydrogens is 242 g/mol. The van der Waals surface area contributed by atoms with E-state index in [0.29, 0.717) is 0 Å². The molecule has 0 fully saturated rings. The smallest absolute Gasteiger partial charge is 0.200 e. The van der Waals surface area contributed by atoms with Crippen molar-refractivity contribution in [2.75, 3.05) is 5.32 Å². The maximum atomic E-state index is 4.52. The Morgan fingerprint density at radius 1 is 1.17 bits per heavy atom. The van der Waals surface area contributed by atoms with Crippen molar-refractivity contribution in [2.45, 2.75) is 6.54 Å². The van der Waals surface area contributed by atoms with Gasteiger partial charge in [0.05, 0.1) is 5.69 Å². The molecule has 0 aliphatic heterocycles. The largest absolute Gasteiger partial charge is 0.352 e. The normalized spacial score (nSPS) is 10.4. The second kappa shape index (κ2) is 5.06. The van der Waals surface area contributed by atoms with Crippen LogP contribution in [0.1, 0.15) is 5.56 Å². The van der Waals surface area contributed by atoms with Gasteiger partial charge in [0, 0.05) is 18.3 Å². The maximum Gasteiger partial charge on any atom is 0.200 e. The molecule has 0 unspecified atom stereocenters. The number of H-pyrrole nitrogens is 1. The second-order valence-corrected chi connectivity index (χ2v) is 4.77. The monoisotopic (exact) mass is 255 g/mol. The van der Waals surface area contributed by atoms with Gasteiger partial charge in [-0.15, -0.1) is 0 Å². The Bertz CT molecular complexity index is 599. The Kier molecular flexibility index (Phi) is 3.10. The molecule has 3 nitrogen and oxygen atoms in total. The van der Waals surface area contributed by atoms with Crippen molar-refractivity contribution in [3.8, 4) is 11.3 Å². The number of aromatic nitrogens is 2. The Morgan fingerprint density at radius 2 is 2.06 bits per heavy atom. The Morgan fingerprint density at radius 3 is 2.83 bits per heavy atom. The summed E-state index contributed by atoms with van der Waals surface area (Å²) in [7, 11) is 0. The molecule has 0 saturated carbocycles. The lowest BCUT2D eigenvalue weighted by Gasteiger charge is -1.99. The summed E-state index contributed by atoms with van der Waals surface area (Å²) in [6.45, 7) is 0.797. The van der Waals surface area contributed by atoms with Gasteiger partial charge in [-0.3, -0.25) is 0 Å². The van der Waals surface area contributed by atoms with Crippen molar-refractivity contribution >= 4 is 17.3 Å². The average Bonchev–Trinajstić information content (AvgIpc) is 3.09. The van der Waals surface area contributed by atoms with Crippen LogP contribution in [0.2, 0.25) is 0 Å². The van der Waals surface area contributed by atoms with Crippen LogP contribution in [0.15, 0.2) is 53.4 Å². The van der Waals surface area contributed by atoms with E-state index in [2.05, 4.69) is 44.2 Å². The van der Waals surface area contributed by atoms with Crippen molar-refractivity contribution in [1.82, 2.24) is 9.97 Å². The molecule has 0 bridgehead atoms. The molecule has 2 N–H and O–H groups in total. The van der Waals surface area contributed by atoms with E-state index < -0.39 is 0 Å². The van der Waals surface area contributed by atoms with Crippen LogP contribution < -0.4 is 5.32 Å². The molecule has 0 atom stereocenters. The number of hydrogen-bond acceptors (Lipinski definition) is 3. The number of thiophene rings is 1. The standard InChI is InChI=1S/C14H13N3S/c1-2-4-12(5-3-1)13-9-16-14(17-13)15-8-11-6-7-18-10-11/h1-7,9-10H,8H2,(H2,15,16,17). The fraction of sp³-hybridized carbons (Fsp3) is 0.0714. The fourth-order valence-corrected chi connectivity index (χ4v) is 2.42. The van der Waals surface area contributed by atoms with E-state index in [1.807, 2.05) is 24.4 Å². The first-order valence-corrected chi connectivity index (χ1v) is 6.72. The molecule has 2 heterocycles. The molecule has 4 heteroatoms. The van der Waals surface area contributed by atoms with E-state index in [9.17, 15) is 0 Å². The summed E-state index contributed by atoms with van der Waals surface area (Å²) in [4.78, 5) is 7.66. The molecule has 0 amide bonds. The lowest BCUT2D eigenvalue weighted by molar-refractivity contribution is 1.10. The minimum atomic E-state index is 0.797. The van der Waals surface area contributed by atoms with Crippen LogP contribution in [0.4, 0.5) is 5.95 Å². The predicted octanol–water partition coefficient (Wildman–Crippen LogP) is 3.75. The highest BCUT2D eigenvalue weighted by Crippen LogP contribution is 2.18. The van der Waals surface area contributed by atoms with Crippen molar-refractivity contribution < 1.29 is 0 Å². The SMILES string of the molecule is c1ccc(-c2c[nH]c(NCc3ccsc3)n2)cc1. The molecule has 3 aromatic rings. The van der Waals surface area contributed by atoms with Gasteiger partial charge in [-0.25, -0.2) is 4.98 Å². The summed E-state index contributed by atoms with van der Waals surface area (Å²) < 4.78 is 0. The first-order valence-electron chi connectivity index (χ1n) is 5.77. The zero-order valence-electron chi connectivity index (χ0n) is 9.76. The van der Waals surface area contributed by atoms with E-state index in [-0.39, 0.29) is 0 Å². The van der Waals surface area contributed by atoms with Crippen molar-refractivity contribution in [2.24, 2.45) is 0 Å². The zero-order chi connectivity index (χ0) is 12.2. The van der Waals surface area contributed by atoms with Crippen molar-refractivity contribution in [1.29, 1.82) is 0 Å². The quantitative estimate of drug-likeness (QED) is 0.745. The van der Waals surface area contributed by atoms with Gasteiger partial charge < -0.3 is 10.3 Å². The molecule has 0 aliphatic rings. The number of benzene rings is 1. The summed E-state index contributed by atoms with van der Waals surface area (Å²) >= 11 is 1.71. The zero-order valence-corrected chi connectivity index (χ0v) is 10.6. The minimum Gasteiger partial charge on any atom is -0.352 e. The van der Waals surface area contributed by atoms with E-state index in [1.54, 1.807) is 11.3 Å². The Hall–Kier alpha value is -2.07. The number of rotatable bonds is 4. The molecule has 0 saturated heterocycles. The summed E-state index contributed by atoms with van der Waals surface area (Å²) in [6, 6.07) is 12.3. The summed E-state index contributed by atoms with van der Waals surface area (Å²) in [5.41, 5.74) is 3.36. The number of hydrogen-bond donors (Lipinski definition) is 2. The first kappa shape index (κ1) is 11.0. The van der Waals surface area contributed by atoms with Crippen LogP contribution in [0.3, 0.4) is 0 Å². The number of nitrogens with one attached hydrogen (secondary N) is 2. The number of imidazole rings is 1. The lowest BCUT2D eigenvalue weighted by atomic mass is 10.2. The molecule has 0 spiro atoms. The average molecular weight is 255 g/mol. The molecule has 3 rings (SSSR count). The molecule has 1 aromatic carbocycles. The van der Waals surface area contributed by atoms with Crippen LogP contribution in [-0.2, 0) is 6.54 Å². The molecule has 90 valence electrons. The van der Waals surface area contributed by atoms with Gasteiger partial charge in [0.1, 0.15) is 0 Å². The third kappa shape index (κ3) is 2.43. The third-order valence-electron chi connectivity index (χ3n) is 2.69. The third-order valence-corrected chi connectivity index (χ3v) is 3.42. The molecule has 0 aliphatic carbocycles.